The Labute approximate surface area is 94.1 Å². The molecule has 16 heavy (non-hydrogen) atoms. The predicted octanol–water partition coefficient (Wildman–Crippen LogP) is 1.16. The Morgan fingerprint density at radius 2 is 2.25 bits per heavy atom. The van der Waals surface area contributed by atoms with Gasteiger partial charge in [-0.1, -0.05) is 13.8 Å². The molecule has 2 heterocycles. The molecule has 0 aliphatic heterocycles. The maximum absolute atomic E-state index is 9.70. The van der Waals surface area contributed by atoms with Crippen molar-refractivity contribution in [1.29, 1.82) is 0 Å². The van der Waals surface area contributed by atoms with Gasteiger partial charge in [-0.25, -0.2) is 9.50 Å². The van der Waals surface area contributed by atoms with Gasteiger partial charge in [-0.05, 0) is 12.0 Å². The fourth-order valence-corrected chi connectivity index (χ4v) is 1.43. The maximum atomic E-state index is 9.70. The molecule has 0 amide bonds. The fraction of sp³-hybridized carbons (Fsp3) is 0.455. The molecule has 0 radical (unpaired) electrons. The zero-order chi connectivity index (χ0) is 11.5. The first-order chi connectivity index (χ1) is 7.68. The lowest BCUT2D eigenvalue weighted by molar-refractivity contribution is 0.138. The van der Waals surface area contributed by atoms with Crippen molar-refractivity contribution in [2.75, 3.05) is 11.9 Å². The van der Waals surface area contributed by atoms with Crippen LogP contribution < -0.4 is 5.32 Å². The highest BCUT2D eigenvalue weighted by Crippen LogP contribution is 2.12. The number of hydrogen-bond donors (Lipinski definition) is 2. The van der Waals surface area contributed by atoms with E-state index in [2.05, 4.69) is 15.4 Å². The minimum Gasteiger partial charge on any atom is -0.391 e. The Hall–Kier alpha value is -1.62. The molecular formula is C11H16N4O. The van der Waals surface area contributed by atoms with Gasteiger partial charge in [0.2, 0.25) is 0 Å². The third-order valence-electron chi connectivity index (χ3n) is 2.57. The number of nitrogens with zero attached hydrogens (tertiary/aromatic N) is 3. The van der Waals surface area contributed by atoms with Crippen LogP contribution in [0.2, 0.25) is 0 Å². The van der Waals surface area contributed by atoms with E-state index >= 15 is 0 Å². The molecule has 2 rings (SSSR count). The Kier molecular flexibility index (Phi) is 3.05. The van der Waals surface area contributed by atoms with Crippen molar-refractivity contribution in [2.24, 2.45) is 5.92 Å². The molecule has 0 aliphatic carbocycles. The van der Waals surface area contributed by atoms with Gasteiger partial charge in [0.15, 0.2) is 5.82 Å². The van der Waals surface area contributed by atoms with Gasteiger partial charge >= 0.3 is 0 Å². The summed E-state index contributed by atoms with van der Waals surface area (Å²) in [5.74, 6) is 0.983. The van der Waals surface area contributed by atoms with Crippen LogP contribution >= 0.6 is 0 Å². The van der Waals surface area contributed by atoms with Gasteiger partial charge in [0.25, 0.3) is 0 Å². The summed E-state index contributed by atoms with van der Waals surface area (Å²) in [4.78, 5) is 4.23. The first-order valence-corrected chi connectivity index (χ1v) is 5.39. The monoisotopic (exact) mass is 220 g/mol. The Bertz CT molecular complexity index is 466. The summed E-state index contributed by atoms with van der Waals surface area (Å²) in [6.45, 7) is 4.47. The van der Waals surface area contributed by atoms with E-state index in [4.69, 9.17) is 0 Å². The van der Waals surface area contributed by atoms with E-state index in [1.807, 2.05) is 19.9 Å². The van der Waals surface area contributed by atoms with Crippen molar-refractivity contribution >= 4 is 11.3 Å². The predicted molar refractivity (Wildman–Crippen MR) is 62.3 cm³/mol. The molecule has 5 heteroatoms. The van der Waals surface area contributed by atoms with Crippen LogP contribution in [-0.4, -0.2) is 32.4 Å². The molecule has 0 spiro atoms. The number of nitrogens with one attached hydrogen (secondary N) is 1. The van der Waals surface area contributed by atoms with E-state index in [1.54, 1.807) is 23.1 Å². The molecule has 5 nitrogen and oxygen atoms in total. The number of aliphatic hydroxyl groups is 1. The van der Waals surface area contributed by atoms with Crippen LogP contribution in [0.1, 0.15) is 13.8 Å². The maximum Gasteiger partial charge on any atom is 0.152 e. The zero-order valence-electron chi connectivity index (χ0n) is 9.46. The van der Waals surface area contributed by atoms with Crippen LogP contribution in [0.5, 0.6) is 0 Å². The van der Waals surface area contributed by atoms with Gasteiger partial charge in [0, 0.05) is 18.9 Å². The van der Waals surface area contributed by atoms with E-state index < -0.39 is 0 Å². The van der Waals surface area contributed by atoms with Crippen molar-refractivity contribution in [3.05, 3.63) is 24.7 Å². The number of aliphatic hydroxyl groups excluding tert-OH is 1. The lowest BCUT2D eigenvalue weighted by atomic mass is 10.1. The van der Waals surface area contributed by atoms with Crippen molar-refractivity contribution in [3.8, 4) is 0 Å². The van der Waals surface area contributed by atoms with Crippen molar-refractivity contribution in [3.63, 3.8) is 0 Å². The molecule has 2 aromatic heterocycles. The smallest absolute Gasteiger partial charge is 0.152 e. The van der Waals surface area contributed by atoms with Crippen LogP contribution in [0, 0.1) is 5.92 Å². The molecule has 1 unspecified atom stereocenters. The highest BCUT2D eigenvalue weighted by molar-refractivity contribution is 5.66. The minimum atomic E-state index is -0.370. The van der Waals surface area contributed by atoms with E-state index in [0.29, 0.717) is 6.54 Å². The summed E-state index contributed by atoms with van der Waals surface area (Å²) >= 11 is 0. The van der Waals surface area contributed by atoms with E-state index in [1.165, 1.54) is 0 Å². The number of anilines is 1. The summed E-state index contributed by atoms with van der Waals surface area (Å²) in [5.41, 5.74) is 0.915. The summed E-state index contributed by atoms with van der Waals surface area (Å²) in [6, 6.07) is 1.89. The van der Waals surface area contributed by atoms with Gasteiger partial charge in [-0.2, -0.15) is 5.10 Å². The van der Waals surface area contributed by atoms with Crippen LogP contribution in [-0.2, 0) is 0 Å². The lowest BCUT2D eigenvalue weighted by Crippen LogP contribution is -2.25. The van der Waals surface area contributed by atoms with E-state index in [9.17, 15) is 5.11 Å². The molecule has 0 aliphatic rings. The molecule has 0 fully saturated rings. The molecule has 1 atom stereocenters. The SMILES string of the molecule is CC(C)C(O)CNc1nccn2nccc12. The highest BCUT2D eigenvalue weighted by Gasteiger charge is 2.10. The normalized spacial score (nSPS) is 13.2. The molecule has 0 aromatic carbocycles. The van der Waals surface area contributed by atoms with Crippen LogP contribution in [0.4, 0.5) is 5.82 Å². The first kappa shape index (κ1) is 10.9. The molecule has 2 N–H and O–H groups in total. The van der Waals surface area contributed by atoms with Crippen LogP contribution in [0.15, 0.2) is 24.7 Å². The number of rotatable bonds is 4. The second-order valence-corrected chi connectivity index (χ2v) is 4.13. The first-order valence-electron chi connectivity index (χ1n) is 5.39. The number of fused-ring (bicyclic) bond motifs is 1. The third-order valence-corrected chi connectivity index (χ3v) is 2.57. The number of aromatic nitrogens is 3. The number of hydrogen-bond acceptors (Lipinski definition) is 4. The second-order valence-electron chi connectivity index (χ2n) is 4.13. The Morgan fingerprint density at radius 1 is 1.44 bits per heavy atom. The third kappa shape index (κ3) is 2.14. The fourth-order valence-electron chi connectivity index (χ4n) is 1.43. The molecule has 2 aromatic rings. The van der Waals surface area contributed by atoms with Gasteiger partial charge in [-0.3, -0.25) is 0 Å². The van der Waals surface area contributed by atoms with Crippen molar-refractivity contribution < 1.29 is 5.11 Å². The largest absolute Gasteiger partial charge is 0.391 e. The lowest BCUT2D eigenvalue weighted by Gasteiger charge is -2.15. The summed E-state index contributed by atoms with van der Waals surface area (Å²) in [6.07, 6.45) is 4.83. The molecule has 0 saturated heterocycles. The topological polar surface area (TPSA) is 62.5 Å². The Morgan fingerprint density at radius 3 is 3.00 bits per heavy atom. The molecule has 0 bridgehead atoms. The zero-order valence-corrected chi connectivity index (χ0v) is 9.46. The standard InChI is InChI=1S/C11H16N4O/c1-8(2)10(16)7-13-11-9-3-4-14-15(9)6-5-12-11/h3-6,8,10,16H,7H2,1-2H3,(H,12,13). The highest BCUT2D eigenvalue weighted by atomic mass is 16.3. The Balaban J connectivity index is 2.12. The summed E-state index contributed by atoms with van der Waals surface area (Å²) in [7, 11) is 0. The van der Waals surface area contributed by atoms with E-state index in [0.717, 1.165) is 11.3 Å². The van der Waals surface area contributed by atoms with Gasteiger partial charge in [-0.15, -0.1) is 0 Å². The van der Waals surface area contributed by atoms with Crippen molar-refractivity contribution in [1.82, 2.24) is 14.6 Å². The van der Waals surface area contributed by atoms with Crippen LogP contribution in [0.25, 0.3) is 5.52 Å². The average Bonchev–Trinajstić information content (AvgIpc) is 2.73. The van der Waals surface area contributed by atoms with E-state index in [-0.39, 0.29) is 12.0 Å². The van der Waals surface area contributed by atoms with Crippen LogP contribution in [0.3, 0.4) is 0 Å². The molecule has 86 valence electrons. The molecular weight excluding hydrogens is 204 g/mol. The second kappa shape index (κ2) is 4.49. The summed E-state index contributed by atoms with van der Waals surface area (Å²) in [5, 5.41) is 16.9. The summed E-state index contributed by atoms with van der Waals surface area (Å²) < 4.78 is 1.75. The van der Waals surface area contributed by atoms with Gasteiger partial charge < -0.3 is 10.4 Å². The van der Waals surface area contributed by atoms with Gasteiger partial charge in [0.05, 0.1) is 12.3 Å². The molecule has 0 saturated carbocycles. The van der Waals surface area contributed by atoms with Gasteiger partial charge in [0.1, 0.15) is 5.52 Å². The quantitative estimate of drug-likeness (QED) is 0.811. The average molecular weight is 220 g/mol. The minimum absolute atomic E-state index is 0.233. The van der Waals surface area contributed by atoms with Crippen molar-refractivity contribution in [2.45, 2.75) is 20.0 Å².